The highest BCUT2D eigenvalue weighted by atomic mass is 32.2. The van der Waals surface area contributed by atoms with Gasteiger partial charge in [0.05, 0.1) is 4.90 Å². The van der Waals surface area contributed by atoms with Gasteiger partial charge in [-0.25, -0.2) is 17.5 Å². The monoisotopic (exact) mass is 309 g/mol. The lowest BCUT2D eigenvalue weighted by atomic mass is 10.1. The number of sulfonamides is 1. The molecular weight excluding hydrogens is 293 g/mol. The van der Waals surface area contributed by atoms with E-state index in [1.807, 2.05) is 0 Å². The second-order valence-electron chi connectivity index (χ2n) is 4.75. The van der Waals surface area contributed by atoms with Crippen molar-refractivity contribution in [3.63, 3.8) is 0 Å². The lowest BCUT2D eigenvalue weighted by Gasteiger charge is -2.16. The number of nitrogens with one attached hydrogen (secondary N) is 1. The first-order chi connectivity index (χ1) is 9.81. The van der Waals surface area contributed by atoms with Crippen LogP contribution in [0.5, 0.6) is 0 Å². The Morgan fingerprint density at radius 1 is 1.29 bits per heavy atom. The summed E-state index contributed by atoms with van der Waals surface area (Å²) in [4.78, 5) is 3.72. The second-order valence-corrected chi connectivity index (χ2v) is 6.43. The van der Waals surface area contributed by atoms with E-state index in [0.29, 0.717) is 0 Å². The Morgan fingerprint density at radius 2 is 1.90 bits per heavy atom. The first kappa shape index (κ1) is 15.4. The zero-order valence-corrected chi connectivity index (χ0v) is 12.5. The third-order valence-corrected chi connectivity index (χ3v) is 4.81. The third kappa shape index (κ3) is 3.37. The molecule has 0 saturated carbocycles. The molecule has 0 bridgehead atoms. The van der Waals surface area contributed by atoms with Crippen LogP contribution in [-0.4, -0.2) is 13.4 Å². The van der Waals surface area contributed by atoms with Crippen LogP contribution >= 0.6 is 0 Å². The number of hydrogen-bond acceptors (Lipinski definition) is 4. The maximum absolute atomic E-state index is 13.7. The van der Waals surface area contributed by atoms with Gasteiger partial charge in [0.1, 0.15) is 5.82 Å². The average Bonchev–Trinajstić information content (AvgIpc) is 2.43. The maximum Gasteiger partial charge on any atom is 0.241 e. The van der Waals surface area contributed by atoms with Crippen LogP contribution in [0.4, 0.5) is 10.1 Å². The van der Waals surface area contributed by atoms with Crippen molar-refractivity contribution in [2.24, 2.45) is 0 Å². The molecule has 0 spiro atoms. The number of hydrogen-bond donors (Lipinski definition) is 2. The fraction of sp³-hybridized carbons (Fsp3) is 0.214. The molecule has 2 aromatic rings. The van der Waals surface area contributed by atoms with Crippen LogP contribution < -0.4 is 10.5 Å². The summed E-state index contributed by atoms with van der Waals surface area (Å²) >= 11 is 0. The first-order valence-corrected chi connectivity index (χ1v) is 7.77. The summed E-state index contributed by atoms with van der Waals surface area (Å²) < 4.78 is 40.9. The number of aromatic nitrogens is 1. The minimum absolute atomic E-state index is 0.0404. The fourth-order valence-corrected chi connectivity index (χ4v) is 3.49. The minimum Gasteiger partial charge on any atom is -0.399 e. The van der Waals surface area contributed by atoms with Crippen molar-refractivity contribution >= 4 is 15.7 Å². The van der Waals surface area contributed by atoms with E-state index in [4.69, 9.17) is 5.73 Å². The Kier molecular flexibility index (Phi) is 4.24. The quantitative estimate of drug-likeness (QED) is 0.847. The molecule has 112 valence electrons. The molecule has 0 amide bonds. The number of halogens is 1. The van der Waals surface area contributed by atoms with Gasteiger partial charge >= 0.3 is 0 Å². The topological polar surface area (TPSA) is 85.1 Å². The van der Waals surface area contributed by atoms with E-state index in [1.165, 1.54) is 13.0 Å². The van der Waals surface area contributed by atoms with Crippen molar-refractivity contribution in [3.05, 3.63) is 53.6 Å². The van der Waals surface area contributed by atoms with E-state index in [-0.39, 0.29) is 16.1 Å². The standard InChI is InChI=1S/C14H16FN3O2S/c1-9-13(15)7-12(16)8-14(9)21(19,20)18-10(2)11-3-5-17-6-4-11/h3-8,10,18H,16H2,1-2H3. The fourth-order valence-electron chi connectivity index (χ4n) is 1.97. The SMILES string of the molecule is Cc1c(F)cc(N)cc1S(=O)(=O)NC(C)c1ccncc1. The average molecular weight is 309 g/mol. The number of rotatable bonds is 4. The largest absolute Gasteiger partial charge is 0.399 e. The molecule has 1 heterocycles. The van der Waals surface area contributed by atoms with Gasteiger partial charge in [-0.3, -0.25) is 4.98 Å². The predicted molar refractivity (Wildman–Crippen MR) is 78.5 cm³/mol. The van der Waals surface area contributed by atoms with Crippen molar-refractivity contribution in [2.75, 3.05) is 5.73 Å². The van der Waals surface area contributed by atoms with Crippen LogP contribution in [-0.2, 0) is 10.0 Å². The number of anilines is 1. The molecule has 0 saturated heterocycles. The Morgan fingerprint density at radius 3 is 2.52 bits per heavy atom. The van der Waals surface area contributed by atoms with Crippen molar-refractivity contribution in [2.45, 2.75) is 24.8 Å². The van der Waals surface area contributed by atoms with Gasteiger partial charge in [-0.05, 0) is 43.7 Å². The maximum atomic E-state index is 13.7. The summed E-state index contributed by atoms with van der Waals surface area (Å²) in [6.45, 7) is 3.10. The van der Waals surface area contributed by atoms with E-state index >= 15 is 0 Å². The summed E-state index contributed by atoms with van der Waals surface area (Å²) in [5, 5.41) is 0. The molecule has 1 aromatic heterocycles. The summed E-state index contributed by atoms with van der Waals surface area (Å²) in [5.41, 5.74) is 6.39. The van der Waals surface area contributed by atoms with E-state index < -0.39 is 21.9 Å². The van der Waals surface area contributed by atoms with Crippen LogP contribution in [0.2, 0.25) is 0 Å². The summed E-state index contributed by atoms with van der Waals surface area (Å²) in [7, 11) is -3.87. The molecule has 7 heteroatoms. The molecule has 1 atom stereocenters. The zero-order valence-electron chi connectivity index (χ0n) is 11.7. The smallest absolute Gasteiger partial charge is 0.241 e. The molecule has 0 fully saturated rings. The van der Waals surface area contributed by atoms with Gasteiger partial charge in [-0.2, -0.15) is 0 Å². The zero-order chi connectivity index (χ0) is 15.6. The lowest BCUT2D eigenvalue weighted by molar-refractivity contribution is 0.562. The minimum atomic E-state index is -3.87. The molecule has 0 aliphatic heterocycles. The molecule has 2 rings (SSSR count). The summed E-state index contributed by atoms with van der Waals surface area (Å²) in [6, 6.07) is 5.29. The first-order valence-electron chi connectivity index (χ1n) is 6.29. The molecule has 3 N–H and O–H groups in total. The molecule has 1 unspecified atom stereocenters. The van der Waals surface area contributed by atoms with Crippen molar-refractivity contribution in [3.8, 4) is 0 Å². The number of benzene rings is 1. The number of pyridine rings is 1. The third-order valence-electron chi connectivity index (χ3n) is 3.15. The van der Waals surface area contributed by atoms with Gasteiger partial charge in [0.2, 0.25) is 10.0 Å². The van der Waals surface area contributed by atoms with Gasteiger partial charge in [0.15, 0.2) is 0 Å². The second kappa shape index (κ2) is 5.79. The van der Waals surface area contributed by atoms with Crippen molar-refractivity contribution in [1.82, 2.24) is 9.71 Å². The normalized spacial score (nSPS) is 13.1. The van der Waals surface area contributed by atoms with Crippen LogP contribution in [0.15, 0.2) is 41.6 Å². The van der Waals surface area contributed by atoms with Gasteiger partial charge < -0.3 is 5.73 Å². The molecule has 21 heavy (non-hydrogen) atoms. The Labute approximate surface area is 123 Å². The predicted octanol–water partition coefficient (Wildman–Crippen LogP) is 2.15. The molecule has 0 radical (unpaired) electrons. The molecule has 0 aliphatic rings. The van der Waals surface area contributed by atoms with Crippen LogP contribution in [0.1, 0.15) is 24.1 Å². The van der Waals surface area contributed by atoms with Gasteiger partial charge in [0.25, 0.3) is 0 Å². The molecule has 0 aliphatic carbocycles. The van der Waals surface area contributed by atoms with Crippen LogP contribution in [0, 0.1) is 12.7 Å². The lowest BCUT2D eigenvalue weighted by Crippen LogP contribution is -2.27. The van der Waals surface area contributed by atoms with Crippen molar-refractivity contribution in [1.29, 1.82) is 0 Å². The molecule has 5 nitrogen and oxygen atoms in total. The number of nitrogens with two attached hydrogens (primary N) is 1. The van der Waals surface area contributed by atoms with E-state index in [0.717, 1.165) is 11.6 Å². The van der Waals surface area contributed by atoms with Crippen molar-refractivity contribution < 1.29 is 12.8 Å². The number of nitrogens with zero attached hydrogens (tertiary/aromatic N) is 1. The van der Waals surface area contributed by atoms with Crippen LogP contribution in [0.3, 0.4) is 0 Å². The highest BCUT2D eigenvalue weighted by Crippen LogP contribution is 2.23. The van der Waals surface area contributed by atoms with Gasteiger partial charge in [-0.1, -0.05) is 0 Å². The summed E-state index contributed by atoms with van der Waals surface area (Å²) in [5.74, 6) is -0.646. The van der Waals surface area contributed by atoms with Gasteiger partial charge in [-0.15, -0.1) is 0 Å². The van der Waals surface area contributed by atoms with E-state index in [9.17, 15) is 12.8 Å². The highest BCUT2D eigenvalue weighted by Gasteiger charge is 2.22. The Hall–Kier alpha value is -1.99. The van der Waals surface area contributed by atoms with E-state index in [1.54, 1.807) is 31.5 Å². The highest BCUT2D eigenvalue weighted by molar-refractivity contribution is 7.89. The number of nitrogen functional groups attached to an aromatic ring is 1. The van der Waals surface area contributed by atoms with Crippen LogP contribution in [0.25, 0.3) is 0 Å². The Bertz CT molecular complexity index is 748. The summed E-state index contributed by atoms with van der Waals surface area (Å²) in [6.07, 6.45) is 3.15. The molecular formula is C14H16FN3O2S. The van der Waals surface area contributed by atoms with E-state index in [2.05, 4.69) is 9.71 Å². The molecule has 1 aromatic carbocycles. The van der Waals surface area contributed by atoms with Gasteiger partial charge in [0, 0.05) is 29.7 Å². The Balaban J connectivity index is 2.35.